The van der Waals surface area contributed by atoms with Crippen LogP contribution in [0.15, 0.2) is 84.0 Å². The Morgan fingerprint density at radius 1 is 0.906 bits per heavy atom. The second kappa shape index (κ2) is 17.0. The highest BCUT2D eigenvalue weighted by molar-refractivity contribution is 6.07. The van der Waals surface area contributed by atoms with Gasteiger partial charge in [-0.25, -0.2) is 14.6 Å². The van der Waals surface area contributed by atoms with Crippen LogP contribution >= 0.6 is 0 Å². The number of alkyl carbamates (subject to hydrolysis) is 2. The molecule has 3 fully saturated rings. The zero-order valence-electron chi connectivity index (χ0n) is 36.9. The molecule has 14 heteroatoms. The summed E-state index contributed by atoms with van der Waals surface area (Å²) in [4.78, 5) is 56.8. The second-order valence-corrected chi connectivity index (χ2v) is 18.3. The molecule has 4 aliphatic heterocycles. The van der Waals surface area contributed by atoms with Crippen molar-refractivity contribution in [3.05, 3.63) is 102 Å². The molecule has 5 aromatic rings. The number of hydrogen-bond donors (Lipinski definition) is 3. The van der Waals surface area contributed by atoms with Gasteiger partial charge in [0.2, 0.25) is 5.91 Å². The van der Waals surface area contributed by atoms with E-state index < -0.39 is 18.2 Å². The van der Waals surface area contributed by atoms with Crippen LogP contribution in [0.2, 0.25) is 0 Å². The number of carbonyl (C=O) groups is 3. The molecule has 3 N–H and O–H groups in total. The van der Waals surface area contributed by atoms with E-state index in [0.717, 1.165) is 98.6 Å². The molecule has 5 aliphatic rings. The summed E-state index contributed by atoms with van der Waals surface area (Å²) in [5.41, 5.74) is 9.34. The number of hydrogen-bond acceptors (Lipinski definition) is 10. The van der Waals surface area contributed by atoms with Crippen molar-refractivity contribution in [2.24, 2.45) is 22.7 Å². The number of aromatic nitrogens is 2. The second-order valence-electron chi connectivity index (χ2n) is 18.3. The minimum absolute atomic E-state index is 0.00128. The zero-order valence-corrected chi connectivity index (χ0v) is 36.9. The summed E-state index contributed by atoms with van der Waals surface area (Å²) in [6.45, 7) is 6.35. The molecule has 0 bridgehead atoms. The Kier molecular flexibility index (Phi) is 11.1. The molecule has 3 amide bonds. The van der Waals surface area contributed by atoms with Gasteiger partial charge in [0.05, 0.1) is 56.5 Å². The number of methoxy groups -OCH3 is 3. The molecule has 10 rings (SSSR count). The van der Waals surface area contributed by atoms with Crippen molar-refractivity contribution in [2.75, 3.05) is 41.0 Å². The number of carbonyl (C=O) groups excluding carboxylic acids is 3. The van der Waals surface area contributed by atoms with Gasteiger partial charge in [0.15, 0.2) is 0 Å². The van der Waals surface area contributed by atoms with E-state index in [1.54, 1.807) is 7.11 Å². The van der Waals surface area contributed by atoms with Gasteiger partial charge in [0.1, 0.15) is 24.2 Å². The third kappa shape index (κ3) is 7.76. The van der Waals surface area contributed by atoms with E-state index >= 15 is 0 Å². The van der Waals surface area contributed by atoms with Crippen molar-refractivity contribution in [1.82, 2.24) is 30.4 Å². The number of benzene rings is 4. The molecule has 0 radical (unpaired) electrons. The first-order valence-corrected chi connectivity index (χ1v) is 22.4. The lowest BCUT2D eigenvalue weighted by atomic mass is 9.90. The molecular formula is C50H55N7O7. The lowest BCUT2D eigenvalue weighted by molar-refractivity contribution is -0.135. The highest BCUT2D eigenvalue weighted by Crippen LogP contribution is 2.51. The standard InChI is InChI=1S/C50H55N7O7/c1-27(2)46(55-50(60)63-5)48(58)57-42-18-32(42)19-43(57)39-20-36-35-21-45-37(17-30(35)12-14-38(36)52-39)34-13-11-31(16-33(34)26-64-45)40-22-51-47(53-40)44-15-28(25-61-3)23-56(44)24-41(54-49(59)62-4)29-9-7-6-8-10-29/h6-14,16-17,21-22,27-28,32,41-44,46H,15,18-20,23-26H2,1-5H3,(H,51,53)(H,54,59)(H,55,60)/t28-,32-,41-,42-,43-,44-,46-/m0/s1. The van der Waals surface area contributed by atoms with Gasteiger partial charge in [-0.15, -0.1) is 0 Å². The van der Waals surface area contributed by atoms with Crippen LogP contribution in [0, 0.1) is 17.8 Å². The van der Waals surface area contributed by atoms with Crippen LogP contribution in [0.4, 0.5) is 15.3 Å². The summed E-state index contributed by atoms with van der Waals surface area (Å²) in [7, 11) is 4.44. The van der Waals surface area contributed by atoms with Gasteiger partial charge in [0, 0.05) is 43.9 Å². The van der Waals surface area contributed by atoms with Gasteiger partial charge in [-0.3, -0.25) is 14.7 Å². The average molecular weight is 866 g/mol. The third-order valence-corrected chi connectivity index (χ3v) is 14.0. The SMILES string of the molecule is COC[C@H]1C[C@@H](c2ncc(-c3ccc4c(c3)COc3cc5c6c(ccc5cc3-4)N=C([C@@H]3C[C@@H]4C[C@@H]4N3C(=O)[C@@H](NC(=O)OC)C(C)C)C6)[nH]2)N(C[C@H](NC(=O)OC)c2ccccc2)C1. The number of amides is 3. The van der Waals surface area contributed by atoms with Gasteiger partial charge >= 0.3 is 12.2 Å². The number of nitrogens with one attached hydrogen (secondary N) is 3. The average Bonchev–Trinajstić information content (AvgIpc) is 3.76. The van der Waals surface area contributed by atoms with Crippen molar-refractivity contribution >= 4 is 40.3 Å². The summed E-state index contributed by atoms with van der Waals surface area (Å²) >= 11 is 0. The van der Waals surface area contributed by atoms with E-state index in [2.05, 4.69) is 63.0 Å². The van der Waals surface area contributed by atoms with E-state index in [1.807, 2.05) is 55.3 Å². The number of aliphatic imine (C=N–C) groups is 1. The van der Waals surface area contributed by atoms with Crippen LogP contribution in [-0.4, -0.2) is 103 Å². The van der Waals surface area contributed by atoms with Crippen LogP contribution in [0.3, 0.4) is 0 Å². The van der Waals surface area contributed by atoms with E-state index in [-0.39, 0.29) is 36.0 Å². The van der Waals surface area contributed by atoms with Crippen LogP contribution in [-0.2, 0) is 32.0 Å². The first-order chi connectivity index (χ1) is 31.1. The number of nitrogens with zero attached hydrogens (tertiary/aromatic N) is 4. The molecule has 0 unspecified atom stereocenters. The molecule has 332 valence electrons. The Hall–Kier alpha value is -6.25. The summed E-state index contributed by atoms with van der Waals surface area (Å²) < 4.78 is 22.0. The number of imidazole rings is 1. The zero-order chi connectivity index (χ0) is 44.2. The number of aromatic amines is 1. The quantitative estimate of drug-likeness (QED) is 0.113. The Morgan fingerprint density at radius 2 is 1.72 bits per heavy atom. The number of H-pyrrole nitrogens is 1. The lowest BCUT2D eigenvalue weighted by Gasteiger charge is -2.33. The number of ether oxygens (including phenoxy) is 4. The summed E-state index contributed by atoms with van der Waals surface area (Å²) in [6.07, 6.45) is 4.26. The maximum Gasteiger partial charge on any atom is 0.407 e. The molecule has 2 saturated heterocycles. The molecule has 1 saturated carbocycles. The van der Waals surface area contributed by atoms with Crippen LogP contribution in [0.25, 0.3) is 33.2 Å². The smallest absolute Gasteiger partial charge is 0.407 e. The number of piperidine rings is 1. The van der Waals surface area contributed by atoms with Gasteiger partial charge in [-0.1, -0.05) is 62.4 Å². The van der Waals surface area contributed by atoms with Crippen molar-refractivity contribution in [3.63, 3.8) is 0 Å². The van der Waals surface area contributed by atoms with Crippen LogP contribution in [0.1, 0.15) is 67.7 Å². The fourth-order valence-corrected chi connectivity index (χ4v) is 10.7. The predicted molar refractivity (Wildman–Crippen MR) is 242 cm³/mol. The minimum Gasteiger partial charge on any atom is -0.488 e. The molecule has 0 spiro atoms. The lowest BCUT2D eigenvalue weighted by Crippen LogP contribution is -2.55. The maximum absolute atomic E-state index is 14.1. The van der Waals surface area contributed by atoms with Crippen molar-refractivity contribution in [3.8, 4) is 28.1 Å². The Morgan fingerprint density at radius 3 is 2.50 bits per heavy atom. The molecule has 1 aromatic heterocycles. The fraction of sp³-hybridized carbons (Fsp3) is 0.420. The first-order valence-electron chi connectivity index (χ1n) is 22.4. The molecule has 7 atom stereocenters. The van der Waals surface area contributed by atoms with Crippen molar-refractivity contribution < 1.29 is 33.3 Å². The van der Waals surface area contributed by atoms with Crippen molar-refractivity contribution in [1.29, 1.82) is 0 Å². The molecule has 14 nitrogen and oxygen atoms in total. The molecule has 4 aromatic carbocycles. The monoisotopic (exact) mass is 865 g/mol. The minimum atomic E-state index is -0.667. The highest BCUT2D eigenvalue weighted by atomic mass is 16.5. The molecule has 64 heavy (non-hydrogen) atoms. The van der Waals surface area contributed by atoms with E-state index in [9.17, 15) is 14.4 Å². The highest BCUT2D eigenvalue weighted by Gasteiger charge is 2.56. The molecule has 1 aliphatic carbocycles. The van der Waals surface area contributed by atoms with Crippen LogP contribution in [0.5, 0.6) is 5.75 Å². The van der Waals surface area contributed by atoms with Gasteiger partial charge in [-0.05, 0) is 99.9 Å². The number of rotatable bonds is 12. The fourth-order valence-electron chi connectivity index (χ4n) is 10.7. The molecule has 5 heterocycles. The van der Waals surface area contributed by atoms with Gasteiger partial charge in [0.25, 0.3) is 0 Å². The summed E-state index contributed by atoms with van der Waals surface area (Å²) in [6, 6.07) is 24.3. The van der Waals surface area contributed by atoms with Gasteiger partial charge in [-0.2, -0.15) is 0 Å². The predicted octanol–water partition coefficient (Wildman–Crippen LogP) is 7.89. The summed E-state index contributed by atoms with van der Waals surface area (Å²) in [5.74, 6) is 2.34. The van der Waals surface area contributed by atoms with E-state index in [0.29, 0.717) is 38.0 Å². The largest absolute Gasteiger partial charge is 0.488 e. The van der Waals surface area contributed by atoms with E-state index in [1.165, 1.54) is 14.2 Å². The Balaban J connectivity index is 0.873. The molecular weight excluding hydrogens is 811 g/mol. The van der Waals surface area contributed by atoms with Crippen LogP contribution < -0.4 is 15.4 Å². The third-order valence-electron chi connectivity index (χ3n) is 14.0. The van der Waals surface area contributed by atoms with E-state index in [4.69, 9.17) is 28.9 Å². The van der Waals surface area contributed by atoms with Gasteiger partial charge < -0.3 is 39.5 Å². The topological polar surface area (TPSA) is 160 Å². The number of likely N-dealkylation sites (tertiary alicyclic amines) is 2. The van der Waals surface area contributed by atoms with Crippen molar-refractivity contribution in [2.45, 2.75) is 76.3 Å². The Labute approximate surface area is 372 Å². The first kappa shape index (κ1) is 41.7. The normalized spacial score (nSPS) is 22.8. The summed E-state index contributed by atoms with van der Waals surface area (Å²) in [5, 5.41) is 8.05. The number of fused-ring (bicyclic) bond motifs is 7. The Bertz CT molecular complexity index is 2650. The maximum atomic E-state index is 14.1.